The number of nitro benzene ring substituents is 1. The predicted molar refractivity (Wildman–Crippen MR) is 86.6 cm³/mol. The first-order valence-electron chi connectivity index (χ1n) is 7.50. The van der Waals surface area contributed by atoms with Crippen molar-refractivity contribution in [3.05, 3.63) is 40.0 Å². The minimum absolute atomic E-state index is 0.0875. The van der Waals surface area contributed by atoms with Gasteiger partial charge in [-0.2, -0.15) is 0 Å². The Balaban J connectivity index is 2.12. The Hall–Kier alpha value is -3.10. The van der Waals surface area contributed by atoms with Crippen LogP contribution < -0.4 is 9.47 Å². The van der Waals surface area contributed by atoms with E-state index < -0.39 is 29.1 Å². The summed E-state index contributed by atoms with van der Waals surface area (Å²) < 4.78 is 15.1. The van der Waals surface area contributed by atoms with Gasteiger partial charge in [-0.1, -0.05) is 12.2 Å². The first-order valence-corrected chi connectivity index (χ1v) is 7.50. The molecule has 0 unspecified atom stereocenters. The van der Waals surface area contributed by atoms with Crippen molar-refractivity contribution in [3.63, 3.8) is 0 Å². The number of benzene rings is 1. The Morgan fingerprint density at radius 2 is 2.00 bits per heavy atom. The van der Waals surface area contributed by atoms with Crippen LogP contribution in [0.1, 0.15) is 24.2 Å². The van der Waals surface area contributed by atoms with Gasteiger partial charge in [-0.3, -0.25) is 14.9 Å². The topological polar surface area (TPSA) is 108 Å². The van der Waals surface area contributed by atoms with Crippen LogP contribution in [0.15, 0.2) is 24.3 Å². The van der Waals surface area contributed by atoms with Gasteiger partial charge < -0.3 is 19.1 Å². The van der Waals surface area contributed by atoms with Gasteiger partial charge in [0, 0.05) is 19.2 Å². The lowest BCUT2D eigenvalue weighted by Gasteiger charge is -2.20. The average Bonchev–Trinajstić information content (AvgIpc) is 3.03. The maximum atomic E-state index is 12.2. The number of hydrogen-bond donors (Lipinski definition) is 0. The van der Waals surface area contributed by atoms with Crippen LogP contribution in [0.5, 0.6) is 11.5 Å². The minimum Gasteiger partial charge on any atom is -0.454 e. The van der Waals surface area contributed by atoms with Gasteiger partial charge in [-0.25, -0.2) is 4.79 Å². The third-order valence-corrected chi connectivity index (χ3v) is 3.43. The number of esters is 1. The molecule has 0 saturated carbocycles. The van der Waals surface area contributed by atoms with Crippen LogP contribution in [0.25, 0.3) is 0 Å². The molecular weight excluding hydrogens is 332 g/mol. The van der Waals surface area contributed by atoms with Crippen molar-refractivity contribution in [1.82, 2.24) is 4.90 Å². The second-order valence-corrected chi connectivity index (χ2v) is 5.42. The van der Waals surface area contributed by atoms with Crippen LogP contribution in [0.3, 0.4) is 0 Å². The fourth-order valence-electron chi connectivity index (χ4n) is 2.24. The molecule has 9 heteroatoms. The fraction of sp³-hybridized carbons (Fsp3) is 0.375. The molecule has 0 radical (unpaired) electrons. The number of likely N-dealkylation sites (N-methyl/N-ethyl adjacent to an activating group) is 1. The highest BCUT2D eigenvalue weighted by atomic mass is 16.7. The molecule has 1 amide bonds. The largest absolute Gasteiger partial charge is 0.454 e. The zero-order chi connectivity index (χ0) is 18.6. The Bertz CT molecular complexity index is 729. The molecule has 1 aliphatic rings. The van der Waals surface area contributed by atoms with Gasteiger partial charge in [0.25, 0.3) is 11.6 Å². The van der Waals surface area contributed by atoms with E-state index in [-0.39, 0.29) is 23.9 Å². The summed E-state index contributed by atoms with van der Waals surface area (Å²) in [7, 11) is 0. The van der Waals surface area contributed by atoms with Gasteiger partial charge in [-0.15, -0.1) is 0 Å². The van der Waals surface area contributed by atoms with Crippen molar-refractivity contribution < 1.29 is 28.7 Å². The van der Waals surface area contributed by atoms with Crippen molar-refractivity contribution in [2.24, 2.45) is 0 Å². The number of rotatable bonds is 7. The SMILES string of the molecule is C=C(C)CN(CC)C(=O)COC(=O)c1cc2c(cc1[N+](=O)[O-])OCO2. The quantitative estimate of drug-likeness (QED) is 0.320. The molecule has 1 aromatic rings. The predicted octanol–water partition coefficient (Wildman–Crippen LogP) is 1.90. The summed E-state index contributed by atoms with van der Waals surface area (Å²) in [6.07, 6.45) is 0. The lowest BCUT2D eigenvalue weighted by molar-refractivity contribution is -0.385. The molecule has 9 nitrogen and oxygen atoms in total. The third kappa shape index (κ3) is 4.25. The first-order chi connectivity index (χ1) is 11.8. The third-order valence-electron chi connectivity index (χ3n) is 3.43. The molecule has 0 atom stereocenters. The van der Waals surface area contributed by atoms with Crippen molar-refractivity contribution in [2.45, 2.75) is 13.8 Å². The van der Waals surface area contributed by atoms with E-state index in [4.69, 9.17) is 14.2 Å². The van der Waals surface area contributed by atoms with Gasteiger partial charge in [-0.05, 0) is 13.8 Å². The van der Waals surface area contributed by atoms with Crippen LogP contribution in [-0.2, 0) is 9.53 Å². The number of ether oxygens (including phenoxy) is 3. The summed E-state index contributed by atoms with van der Waals surface area (Å²) in [5, 5.41) is 11.2. The van der Waals surface area contributed by atoms with Crippen molar-refractivity contribution in [1.29, 1.82) is 0 Å². The Kier molecular flexibility index (Phi) is 5.58. The zero-order valence-electron chi connectivity index (χ0n) is 13.9. The van der Waals surface area contributed by atoms with Crippen LogP contribution in [0.4, 0.5) is 5.69 Å². The van der Waals surface area contributed by atoms with Gasteiger partial charge in [0.05, 0.1) is 11.0 Å². The molecule has 0 spiro atoms. The lowest BCUT2D eigenvalue weighted by atomic mass is 10.1. The fourth-order valence-corrected chi connectivity index (χ4v) is 2.24. The zero-order valence-corrected chi connectivity index (χ0v) is 13.9. The molecule has 0 saturated heterocycles. The van der Waals surface area contributed by atoms with E-state index in [1.807, 2.05) is 0 Å². The Morgan fingerprint density at radius 3 is 2.56 bits per heavy atom. The summed E-state index contributed by atoms with van der Waals surface area (Å²) in [5.74, 6) is -1.01. The van der Waals surface area contributed by atoms with E-state index in [2.05, 4.69) is 6.58 Å². The number of fused-ring (bicyclic) bond motifs is 1. The van der Waals surface area contributed by atoms with Crippen molar-refractivity contribution >= 4 is 17.6 Å². The van der Waals surface area contributed by atoms with E-state index in [0.29, 0.717) is 13.1 Å². The van der Waals surface area contributed by atoms with Crippen molar-refractivity contribution in [3.8, 4) is 11.5 Å². The highest BCUT2D eigenvalue weighted by Crippen LogP contribution is 2.38. The van der Waals surface area contributed by atoms with E-state index >= 15 is 0 Å². The van der Waals surface area contributed by atoms with Crippen LogP contribution in [0.2, 0.25) is 0 Å². The van der Waals surface area contributed by atoms with E-state index in [9.17, 15) is 19.7 Å². The number of amides is 1. The van der Waals surface area contributed by atoms with Crippen LogP contribution in [-0.4, -0.2) is 48.2 Å². The van der Waals surface area contributed by atoms with Crippen LogP contribution in [0, 0.1) is 10.1 Å². The summed E-state index contributed by atoms with van der Waals surface area (Å²) in [4.78, 5) is 36.2. The Morgan fingerprint density at radius 1 is 1.36 bits per heavy atom. The monoisotopic (exact) mass is 350 g/mol. The molecule has 0 N–H and O–H groups in total. The molecule has 2 rings (SSSR count). The molecule has 0 bridgehead atoms. The summed E-state index contributed by atoms with van der Waals surface area (Å²) in [5.41, 5.74) is 0.00826. The summed E-state index contributed by atoms with van der Waals surface area (Å²) in [6.45, 7) is 7.45. The molecule has 1 aromatic carbocycles. The van der Waals surface area contributed by atoms with Crippen molar-refractivity contribution in [2.75, 3.05) is 26.5 Å². The van der Waals surface area contributed by atoms with Gasteiger partial charge in [0.1, 0.15) is 5.56 Å². The number of carbonyl (C=O) groups excluding carboxylic acids is 2. The molecular formula is C16H18N2O7. The second-order valence-electron chi connectivity index (χ2n) is 5.42. The number of carbonyl (C=O) groups is 2. The second kappa shape index (κ2) is 7.65. The summed E-state index contributed by atoms with van der Waals surface area (Å²) >= 11 is 0. The number of nitro groups is 1. The number of nitrogens with zero attached hydrogens (tertiary/aromatic N) is 2. The highest BCUT2D eigenvalue weighted by molar-refractivity contribution is 5.96. The maximum Gasteiger partial charge on any atom is 0.345 e. The molecule has 0 aromatic heterocycles. The minimum atomic E-state index is -0.982. The molecule has 0 fully saturated rings. The maximum absolute atomic E-state index is 12.2. The number of hydrogen-bond acceptors (Lipinski definition) is 7. The highest BCUT2D eigenvalue weighted by Gasteiger charge is 2.28. The Labute approximate surface area is 143 Å². The van der Waals surface area contributed by atoms with Gasteiger partial charge in [0.2, 0.25) is 6.79 Å². The van der Waals surface area contributed by atoms with E-state index in [1.165, 1.54) is 11.0 Å². The van der Waals surface area contributed by atoms with E-state index in [1.54, 1.807) is 13.8 Å². The first kappa shape index (κ1) is 18.2. The average molecular weight is 350 g/mol. The lowest BCUT2D eigenvalue weighted by Crippen LogP contribution is -2.35. The molecule has 134 valence electrons. The van der Waals surface area contributed by atoms with Crippen LogP contribution >= 0.6 is 0 Å². The smallest absolute Gasteiger partial charge is 0.345 e. The normalized spacial score (nSPS) is 11.8. The van der Waals surface area contributed by atoms with E-state index in [0.717, 1.165) is 11.6 Å². The molecule has 1 aliphatic heterocycles. The molecule has 25 heavy (non-hydrogen) atoms. The molecule has 0 aliphatic carbocycles. The van der Waals surface area contributed by atoms with Gasteiger partial charge in [0.15, 0.2) is 18.1 Å². The standard InChI is InChI=1S/C16H18N2O7/c1-4-17(7-10(2)3)15(19)8-23-16(20)11-5-13-14(25-9-24-13)6-12(11)18(21)22/h5-6H,2,4,7-9H2,1,3H3. The summed E-state index contributed by atoms with van der Waals surface area (Å²) in [6, 6.07) is 2.28. The molecule has 1 heterocycles. The van der Waals surface area contributed by atoms with Gasteiger partial charge >= 0.3 is 5.97 Å².